The van der Waals surface area contributed by atoms with Gasteiger partial charge in [0, 0.05) is 37.1 Å². The van der Waals surface area contributed by atoms with Gasteiger partial charge >= 0.3 is 0 Å². The standard InChI is InChI=1S/C18H20N6O/c1-13-6-3-4-7-15(13)18(25)20-10-9-19-16-12-17(23-14(2)22-16)24-11-5-8-21-24/h3-8,11-12H,9-10H2,1-2H3,(H,20,25)(H,19,22,23). The first-order valence-electron chi connectivity index (χ1n) is 8.07. The van der Waals surface area contributed by atoms with Crippen molar-refractivity contribution in [3.63, 3.8) is 0 Å². The smallest absolute Gasteiger partial charge is 0.251 e. The lowest BCUT2D eigenvalue weighted by molar-refractivity contribution is 0.0954. The van der Waals surface area contributed by atoms with Gasteiger partial charge in [-0.05, 0) is 31.5 Å². The summed E-state index contributed by atoms with van der Waals surface area (Å²) in [4.78, 5) is 20.9. The molecule has 0 aliphatic carbocycles. The summed E-state index contributed by atoms with van der Waals surface area (Å²) >= 11 is 0. The number of nitrogens with zero attached hydrogens (tertiary/aromatic N) is 4. The Kier molecular flexibility index (Phi) is 5.03. The second-order valence-electron chi connectivity index (χ2n) is 5.61. The molecule has 7 heteroatoms. The van der Waals surface area contributed by atoms with Crippen LogP contribution in [0, 0.1) is 13.8 Å². The highest BCUT2D eigenvalue weighted by Gasteiger charge is 2.07. The number of hydrogen-bond donors (Lipinski definition) is 2. The van der Waals surface area contributed by atoms with E-state index in [0.29, 0.717) is 36.1 Å². The van der Waals surface area contributed by atoms with Crippen molar-refractivity contribution in [2.45, 2.75) is 13.8 Å². The monoisotopic (exact) mass is 336 g/mol. The minimum absolute atomic E-state index is 0.0731. The van der Waals surface area contributed by atoms with Crippen molar-refractivity contribution < 1.29 is 4.79 Å². The number of aryl methyl sites for hydroxylation is 2. The lowest BCUT2D eigenvalue weighted by atomic mass is 10.1. The van der Waals surface area contributed by atoms with Crippen LogP contribution in [0.2, 0.25) is 0 Å². The summed E-state index contributed by atoms with van der Waals surface area (Å²) in [7, 11) is 0. The van der Waals surface area contributed by atoms with E-state index in [1.54, 1.807) is 10.9 Å². The van der Waals surface area contributed by atoms with Gasteiger partial charge in [0.15, 0.2) is 5.82 Å². The second-order valence-corrected chi connectivity index (χ2v) is 5.61. The Morgan fingerprint density at radius 1 is 1.12 bits per heavy atom. The fourth-order valence-corrected chi connectivity index (χ4v) is 2.45. The molecule has 0 aliphatic rings. The first kappa shape index (κ1) is 16.6. The van der Waals surface area contributed by atoms with Crippen LogP contribution in [0.4, 0.5) is 5.82 Å². The molecule has 0 aliphatic heterocycles. The Morgan fingerprint density at radius 2 is 1.96 bits per heavy atom. The number of hydrogen-bond acceptors (Lipinski definition) is 5. The molecule has 3 aromatic rings. The van der Waals surface area contributed by atoms with Crippen LogP contribution < -0.4 is 10.6 Å². The number of amides is 1. The summed E-state index contributed by atoms with van der Waals surface area (Å²) in [5.74, 6) is 1.97. The molecule has 0 bridgehead atoms. The highest BCUT2D eigenvalue weighted by Crippen LogP contribution is 2.10. The van der Waals surface area contributed by atoms with Crippen molar-refractivity contribution in [2.75, 3.05) is 18.4 Å². The molecule has 2 N–H and O–H groups in total. The maximum Gasteiger partial charge on any atom is 0.251 e. The summed E-state index contributed by atoms with van der Waals surface area (Å²) in [6.07, 6.45) is 3.53. The predicted molar refractivity (Wildman–Crippen MR) is 95.9 cm³/mol. The van der Waals surface area contributed by atoms with Gasteiger partial charge in [-0.1, -0.05) is 18.2 Å². The van der Waals surface area contributed by atoms with Gasteiger partial charge in [-0.25, -0.2) is 14.6 Å². The molecule has 0 spiro atoms. The zero-order chi connectivity index (χ0) is 17.6. The quantitative estimate of drug-likeness (QED) is 0.674. The summed E-state index contributed by atoms with van der Waals surface area (Å²) < 4.78 is 1.68. The molecule has 3 rings (SSSR count). The Hall–Kier alpha value is -3.22. The topological polar surface area (TPSA) is 84.7 Å². The average molecular weight is 336 g/mol. The van der Waals surface area contributed by atoms with Crippen LogP contribution in [0.3, 0.4) is 0 Å². The fourth-order valence-electron chi connectivity index (χ4n) is 2.45. The number of rotatable bonds is 6. The number of carbonyl (C=O) groups excluding carboxylic acids is 1. The summed E-state index contributed by atoms with van der Waals surface area (Å²) in [5, 5.41) is 10.3. The van der Waals surface area contributed by atoms with Crippen LogP contribution in [0.1, 0.15) is 21.7 Å². The van der Waals surface area contributed by atoms with Gasteiger partial charge in [0.05, 0.1) is 0 Å². The third kappa shape index (κ3) is 4.20. The highest BCUT2D eigenvalue weighted by atomic mass is 16.1. The third-order valence-electron chi connectivity index (χ3n) is 3.67. The van der Waals surface area contributed by atoms with E-state index in [-0.39, 0.29) is 5.91 Å². The molecular weight excluding hydrogens is 316 g/mol. The van der Waals surface area contributed by atoms with E-state index in [4.69, 9.17) is 0 Å². The first-order valence-corrected chi connectivity index (χ1v) is 8.07. The third-order valence-corrected chi connectivity index (χ3v) is 3.67. The van der Waals surface area contributed by atoms with Crippen LogP contribution >= 0.6 is 0 Å². The molecule has 1 aromatic carbocycles. The Labute approximate surface area is 146 Å². The number of anilines is 1. The predicted octanol–water partition coefficient (Wildman–Crippen LogP) is 2.12. The van der Waals surface area contributed by atoms with E-state index in [1.807, 2.05) is 56.4 Å². The molecule has 0 saturated heterocycles. The Bertz CT molecular complexity index is 860. The van der Waals surface area contributed by atoms with E-state index < -0.39 is 0 Å². The van der Waals surface area contributed by atoms with Crippen LogP contribution in [0.15, 0.2) is 48.8 Å². The van der Waals surface area contributed by atoms with Crippen molar-refractivity contribution in [3.05, 3.63) is 65.7 Å². The number of carbonyl (C=O) groups is 1. The SMILES string of the molecule is Cc1nc(NCCNC(=O)c2ccccc2C)cc(-n2cccn2)n1. The van der Waals surface area contributed by atoms with Gasteiger partial charge in [0.25, 0.3) is 5.91 Å². The molecule has 128 valence electrons. The molecular formula is C18H20N6O. The van der Waals surface area contributed by atoms with Crippen LogP contribution in [-0.2, 0) is 0 Å². The number of nitrogens with one attached hydrogen (secondary N) is 2. The summed E-state index contributed by atoms with van der Waals surface area (Å²) in [5.41, 5.74) is 1.66. The molecule has 0 saturated carbocycles. The lowest BCUT2D eigenvalue weighted by Crippen LogP contribution is -2.29. The molecule has 1 amide bonds. The minimum atomic E-state index is -0.0731. The van der Waals surface area contributed by atoms with Gasteiger partial charge in [-0.3, -0.25) is 4.79 Å². The van der Waals surface area contributed by atoms with Crippen molar-refractivity contribution in [2.24, 2.45) is 0 Å². The molecule has 0 fully saturated rings. The molecule has 7 nitrogen and oxygen atoms in total. The van der Waals surface area contributed by atoms with Crippen LogP contribution in [-0.4, -0.2) is 38.7 Å². The zero-order valence-electron chi connectivity index (χ0n) is 14.2. The normalized spacial score (nSPS) is 10.5. The van der Waals surface area contributed by atoms with Crippen molar-refractivity contribution in [1.82, 2.24) is 25.1 Å². The maximum absolute atomic E-state index is 12.2. The van der Waals surface area contributed by atoms with E-state index in [2.05, 4.69) is 25.7 Å². The van der Waals surface area contributed by atoms with Gasteiger partial charge in [0.2, 0.25) is 0 Å². The van der Waals surface area contributed by atoms with E-state index in [1.165, 1.54) is 0 Å². The summed E-state index contributed by atoms with van der Waals surface area (Å²) in [6.45, 7) is 4.81. The van der Waals surface area contributed by atoms with Crippen molar-refractivity contribution in [3.8, 4) is 5.82 Å². The Morgan fingerprint density at radius 3 is 2.72 bits per heavy atom. The van der Waals surface area contributed by atoms with Crippen LogP contribution in [0.25, 0.3) is 5.82 Å². The van der Waals surface area contributed by atoms with Crippen molar-refractivity contribution in [1.29, 1.82) is 0 Å². The van der Waals surface area contributed by atoms with Crippen LogP contribution in [0.5, 0.6) is 0 Å². The van der Waals surface area contributed by atoms with Gasteiger partial charge in [0.1, 0.15) is 11.6 Å². The van der Waals surface area contributed by atoms with Gasteiger partial charge in [-0.2, -0.15) is 5.10 Å². The Balaban J connectivity index is 1.56. The second kappa shape index (κ2) is 7.57. The fraction of sp³-hybridized carbons (Fsp3) is 0.222. The molecule has 0 atom stereocenters. The molecule has 2 heterocycles. The zero-order valence-corrected chi connectivity index (χ0v) is 14.2. The maximum atomic E-state index is 12.2. The number of benzene rings is 1. The molecule has 0 radical (unpaired) electrons. The summed E-state index contributed by atoms with van der Waals surface area (Å²) in [6, 6.07) is 11.2. The van der Waals surface area contributed by atoms with Crippen molar-refractivity contribution >= 4 is 11.7 Å². The minimum Gasteiger partial charge on any atom is -0.368 e. The lowest BCUT2D eigenvalue weighted by Gasteiger charge is -2.10. The highest BCUT2D eigenvalue weighted by molar-refractivity contribution is 5.95. The number of aromatic nitrogens is 4. The molecule has 0 unspecified atom stereocenters. The van der Waals surface area contributed by atoms with E-state index in [0.717, 1.165) is 5.56 Å². The first-order chi connectivity index (χ1) is 12.1. The largest absolute Gasteiger partial charge is 0.368 e. The van der Waals surface area contributed by atoms with E-state index in [9.17, 15) is 4.79 Å². The molecule has 2 aromatic heterocycles. The molecule has 25 heavy (non-hydrogen) atoms. The average Bonchev–Trinajstić information content (AvgIpc) is 3.13. The van der Waals surface area contributed by atoms with Gasteiger partial charge < -0.3 is 10.6 Å². The van der Waals surface area contributed by atoms with E-state index >= 15 is 0 Å². The van der Waals surface area contributed by atoms with Gasteiger partial charge in [-0.15, -0.1) is 0 Å².